The minimum absolute atomic E-state index is 0.0401. The van der Waals surface area contributed by atoms with Gasteiger partial charge in [-0.05, 0) is 18.2 Å². The molecule has 2 aromatic rings. The Bertz CT molecular complexity index is 615. The van der Waals surface area contributed by atoms with E-state index in [4.69, 9.17) is 33.7 Å². The fourth-order valence-electron chi connectivity index (χ4n) is 2.41. The van der Waals surface area contributed by atoms with Crippen LogP contribution in [0.25, 0.3) is 0 Å². The maximum absolute atomic E-state index is 6.23. The summed E-state index contributed by atoms with van der Waals surface area (Å²) in [5.74, 6) is 0.831. The van der Waals surface area contributed by atoms with E-state index in [0.29, 0.717) is 16.5 Å². The fraction of sp³-hybridized carbons (Fsp3) is 0.200. The molecule has 2 unspecified atom stereocenters. The molecule has 0 saturated heterocycles. The largest absolute Gasteiger partial charge is 0.485 e. The van der Waals surface area contributed by atoms with Crippen LogP contribution in [-0.2, 0) is 0 Å². The number of hydrogen-bond donors (Lipinski definition) is 1. The lowest BCUT2D eigenvalue weighted by molar-refractivity contribution is 0.161. The Morgan fingerprint density at radius 2 is 1.84 bits per heavy atom. The van der Waals surface area contributed by atoms with E-state index in [-0.39, 0.29) is 12.1 Å². The van der Waals surface area contributed by atoms with Gasteiger partial charge in [0.1, 0.15) is 11.9 Å². The van der Waals surface area contributed by atoms with Crippen molar-refractivity contribution in [2.24, 2.45) is 5.73 Å². The molecule has 4 heteroatoms. The number of nitrogens with two attached hydrogens (primary N) is 1. The minimum atomic E-state index is -0.130. The summed E-state index contributed by atoms with van der Waals surface area (Å²) >= 11 is 12.1. The third kappa shape index (κ3) is 2.44. The van der Waals surface area contributed by atoms with E-state index in [9.17, 15) is 0 Å². The molecule has 2 atom stereocenters. The molecule has 98 valence electrons. The maximum atomic E-state index is 6.23. The third-order valence-corrected chi connectivity index (χ3v) is 3.93. The predicted molar refractivity (Wildman–Crippen MR) is 77.8 cm³/mol. The van der Waals surface area contributed by atoms with Gasteiger partial charge < -0.3 is 10.5 Å². The van der Waals surface area contributed by atoms with Crippen LogP contribution >= 0.6 is 23.2 Å². The van der Waals surface area contributed by atoms with Crippen LogP contribution in [0.4, 0.5) is 0 Å². The molecule has 1 aliphatic heterocycles. The van der Waals surface area contributed by atoms with Gasteiger partial charge in [-0.3, -0.25) is 0 Å². The van der Waals surface area contributed by atoms with E-state index in [1.807, 2.05) is 36.4 Å². The standard InChI is InChI=1S/C15H13Cl2NO/c16-9-5-6-10(12(17)7-9)15-8-13(18)11-3-1-2-4-14(11)19-15/h1-7,13,15H,8,18H2. The van der Waals surface area contributed by atoms with Crippen LogP contribution in [0.3, 0.4) is 0 Å². The average Bonchev–Trinajstić information content (AvgIpc) is 2.38. The van der Waals surface area contributed by atoms with Crippen LogP contribution < -0.4 is 10.5 Å². The molecular weight excluding hydrogens is 281 g/mol. The number of fused-ring (bicyclic) bond motifs is 1. The van der Waals surface area contributed by atoms with Gasteiger partial charge in [-0.25, -0.2) is 0 Å². The molecule has 1 aliphatic rings. The first kappa shape index (κ1) is 12.8. The molecule has 0 saturated carbocycles. The molecule has 2 aromatic carbocycles. The van der Waals surface area contributed by atoms with Crippen molar-refractivity contribution in [1.29, 1.82) is 0 Å². The molecule has 2 nitrogen and oxygen atoms in total. The van der Waals surface area contributed by atoms with Crippen LogP contribution in [0, 0.1) is 0 Å². The smallest absolute Gasteiger partial charge is 0.127 e. The van der Waals surface area contributed by atoms with Gasteiger partial charge in [0.2, 0.25) is 0 Å². The molecule has 19 heavy (non-hydrogen) atoms. The number of rotatable bonds is 1. The SMILES string of the molecule is NC1CC(c2ccc(Cl)cc2Cl)Oc2ccccc21. The molecule has 0 radical (unpaired) electrons. The summed E-state index contributed by atoms with van der Waals surface area (Å²) in [7, 11) is 0. The Kier molecular flexibility index (Phi) is 3.40. The molecule has 0 amide bonds. The molecule has 0 aromatic heterocycles. The van der Waals surface area contributed by atoms with Crippen molar-refractivity contribution in [3.05, 3.63) is 63.6 Å². The molecule has 2 N–H and O–H groups in total. The summed E-state index contributed by atoms with van der Waals surface area (Å²) in [4.78, 5) is 0. The van der Waals surface area contributed by atoms with E-state index in [1.54, 1.807) is 6.07 Å². The highest BCUT2D eigenvalue weighted by Gasteiger charge is 2.27. The van der Waals surface area contributed by atoms with Gasteiger partial charge in [0.15, 0.2) is 0 Å². The highest BCUT2D eigenvalue weighted by Crippen LogP contribution is 2.41. The zero-order valence-corrected chi connectivity index (χ0v) is 11.7. The van der Waals surface area contributed by atoms with Crippen LogP contribution in [0.2, 0.25) is 10.0 Å². The Balaban J connectivity index is 1.97. The predicted octanol–water partition coefficient (Wildman–Crippen LogP) is 4.52. The summed E-state index contributed by atoms with van der Waals surface area (Å²) in [6.45, 7) is 0. The van der Waals surface area contributed by atoms with Crippen LogP contribution in [0.5, 0.6) is 5.75 Å². The number of ether oxygens (including phenoxy) is 1. The molecule has 0 spiro atoms. The number of hydrogen-bond acceptors (Lipinski definition) is 2. The second kappa shape index (κ2) is 5.04. The van der Waals surface area contributed by atoms with Crippen molar-refractivity contribution in [1.82, 2.24) is 0 Å². The van der Waals surface area contributed by atoms with E-state index < -0.39 is 0 Å². The normalized spacial score (nSPS) is 21.6. The Morgan fingerprint density at radius 3 is 2.63 bits per heavy atom. The average molecular weight is 294 g/mol. The molecule has 3 rings (SSSR count). The lowest BCUT2D eigenvalue weighted by Crippen LogP contribution is -2.24. The van der Waals surface area contributed by atoms with Crippen molar-refractivity contribution in [3.63, 3.8) is 0 Å². The fourth-order valence-corrected chi connectivity index (χ4v) is 2.94. The highest BCUT2D eigenvalue weighted by molar-refractivity contribution is 6.35. The second-order valence-electron chi connectivity index (χ2n) is 4.65. The number of para-hydroxylation sites is 1. The van der Waals surface area contributed by atoms with Crippen LogP contribution in [0.15, 0.2) is 42.5 Å². The van der Waals surface area contributed by atoms with Gasteiger partial charge in [0.05, 0.1) is 0 Å². The van der Waals surface area contributed by atoms with Gasteiger partial charge in [-0.15, -0.1) is 0 Å². The van der Waals surface area contributed by atoms with Crippen molar-refractivity contribution < 1.29 is 4.74 Å². The van der Waals surface area contributed by atoms with Crippen molar-refractivity contribution in [3.8, 4) is 5.75 Å². The van der Waals surface area contributed by atoms with Crippen LogP contribution in [0.1, 0.15) is 29.7 Å². The highest BCUT2D eigenvalue weighted by atomic mass is 35.5. The lowest BCUT2D eigenvalue weighted by Gasteiger charge is -2.31. The molecule has 0 fully saturated rings. The van der Waals surface area contributed by atoms with Crippen molar-refractivity contribution >= 4 is 23.2 Å². The summed E-state index contributed by atoms with van der Waals surface area (Å²) in [6, 6.07) is 13.3. The summed E-state index contributed by atoms with van der Waals surface area (Å²) in [5.41, 5.74) is 8.18. The van der Waals surface area contributed by atoms with Gasteiger partial charge >= 0.3 is 0 Å². The monoisotopic (exact) mass is 293 g/mol. The second-order valence-corrected chi connectivity index (χ2v) is 5.50. The third-order valence-electron chi connectivity index (χ3n) is 3.37. The Labute approximate surface area is 122 Å². The summed E-state index contributed by atoms with van der Waals surface area (Å²) in [6.07, 6.45) is 0.577. The molecule has 1 heterocycles. The van der Waals surface area contributed by atoms with E-state index >= 15 is 0 Å². The van der Waals surface area contributed by atoms with Crippen molar-refractivity contribution in [2.45, 2.75) is 18.6 Å². The molecular formula is C15H13Cl2NO. The zero-order valence-electron chi connectivity index (χ0n) is 10.1. The van der Waals surface area contributed by atoms with E-state index in [0.717, 1.165) is 16.9 Å². The first-order valence-electron chi connectivity index (χ1n) is 6.11. The maximum Gasteiger partial charge on any atom is 0.127 e. The quantitative estimate of drug-likeness (QED) is 0.839. The molecule has 0 bridgehead atoms. The van der Waals surface area contributed by atoms with Gasteiger partial charge in [0.25, 0.3) is 0 Å². The summed E-state index contributed by atoms with van der Waals surface area (Å²) < 4.78 is 6.00. The molecule has 0 aliphatic carbocycles. The Morgan fingerprint density at radius 1 is 1.05 bits per heavy atom. The van der Waals surface area contributed by atoms with Gasteiger partial charge in [0, 0.05) is 33.6 Å². The first-order chi connectivity index (χ1) is 9.15. The Hall–Kier alpha value is -1.22. The van der Waals surface area contributed by atoms with E-state index in [1.165, 1.54) is 0 Å². The zero-order chi connectivity index (χ0) is 13.4. The van der Waals surface area contributed by atoms with Gasteiger partial charge in [-0.1, -0.05) is 47.5 Å². The minimum Gasteiger partial charge on any atom is -0.485 e. The topological polar surface area (TPSA) is 35.2 Å². The van der Waals surface area contributed by atoms with Crippen molar-refractivity contribution in [2.75, 3.05) is 0 Å². The first-order valence-corrected chi connectivity index (χ1v) is 6.87. The van der Waals surface area contributed by atoms with Crippen LogP contribution in [-0.4, -0.2) is 0 Å². The number of benzene rings is 2. The number of halogens is 2. The van der Waals surface area contributed by atoms with Gasteiger partial charge in [-0.2, -0.15) is 0 Å². The lowest BCUT2D eigenvalue weighted by atomic mass is 9.93. The van der Waals surface area contributed by atoms with E-state index in [2.05, 4.69) is 0 Å². The summed E-state index contributed by atoms with van der Waals surface area (Å²) in [5, 5.41) is 1.23.